The summed E-state index contributed by atoms with van der Waals surface area (Å²) in [5.41, 5.74) is 2.06. The summed E-state index contributed by atoms with van der Waals surface area (Å²) < 4.78 is 6.35. The predicted octanol–water partition coefficient (Wildman–Crippen LogP) is 6.95. The summed E-state index contributed by atoms with van der Waals surface area (Å²) >= 11 is 13.4. The van der Waals surface area contributed by atoms with E-state index in [0.717, 1.165) is 51.7 Å². The third-order valence-corrected chi connectivity index (χ3v) is 7.33. The van der Waals surface area contributed by atoms with Crippen molar-refractivity contribution in [1.29, 1.82) is 0 Å². The number of furan rings is 1. The SMILES string of the molecule is S=C1N[C@H](c2ccccn2)[C@@H](c2ccc(Sc3ccc(Cl)cc3)o2)N1CCCNc1ccccc1. The van der Waals surface area contributed by atoms with Gasteiger partial charge in [-0.25, -0.2) is 0 Å². The van der Waals surface area contributed by atoms with Crippen molar-refractivity contribution in [2.24, 2.45) is 0 Å². The normalized spacial score (nSPS) is 17.4. The highest BCUT2D eigenvalue weighted by atomic mass is 35.5. The monoisotopic (exact) mass is 520 g/mol. The van der Waals surface area contributed by atoms with Crippen LogP contribution in [0.5, 0.6) is 0 Å². The molecule has 35 heavy (non-hydrogen) atoms. The Bertz CT molecular complexity index is 1250. The van der Waals surface area contributed by atoms with Gasteiger partial charge in [0.2, 0.25) is 0 Å². The average molecular weight is 521 g/mol. The van der Waals surface area contributed by atoms with Gasteiger partial charge in [0.25, 0.3) is 0 Å². The van der Waals surface area contributed by atoms with E-state index in [9.17, 15) is 0 Å². The lowest BCUT2D eigenvalue weighted by Crippen LogP contribution is -2.31. The molecule has 1 fully saturated rings. The molecule has 178 valence electrons. The molecule has 0 radical (unpaired) electrons. The van der Waals surface area contributed by atoms with Crippen LogP contribution in [0.25, 0.3) is 0 Å². The van der Waals surface area contributed by atoms with Crippen molar-refractivity contribution < 1.29 is 4.42 Å². The summed E-state index contributed by atoms with van der Waals surface area (Å²) in [6, 6.07) is 27.8. The van der Waals surface area contributed by atoms with Gasteiger partial charge in [-0.2, -0.15) is 0 Å². The number of halogens is 1. The minimum Gasteiger partial charge on any atom is -0.452 e. The van der Waals surface area contributed by atoms with Crippen LogP contribution in [0.15, 0.2) is 106 Å². The third-order valence-electron chi connectivity index (χ3n) is 5.80. The topological polar surface area (TPSA) is 53.3 Å². The maximum absolute atomic E-state index is 6.35. The van der Waals surface area contributed by atoms with Crippen LogP contribution in [-0.4, -0.2) is 28.1 Å². The molecule has 0 spiro atoms. The Balaban J connectivity index is 1.33. The summed E-state index contributed by atoms with van der Waals surface area (Å²) in [7, 11) is 0. The van der Waals surface area contributed by atoms with Gasteiger partial charge >= 0.3 is 0 Å². The zero-order chi connectivity index (χ0) is 24.0. The van der Waals surface area contributed by atoms with Gasteiger partial charge in [-0.05, 0) is 79.3 Å². The van der Waals surface area contributed by atoms with E-state index in [1.54, 1.807) is 11.8 Å². The Labute approximate surface area is 219 Å². The first kappa shape index (κ1) is 23.7. The van der Waals surface area contributed by atoms with E-state index in [1.807, 2.05) is 79.0 Å². The molecule has 2 aromatic heterocycles. The van der Waals surface area contributed by atoms with E-state index in [2.05, 4.69) is 32.7 Å². The van der Waals surface area contributed by atoms with Gasteiger partial charge in [-0.3, -0.25) is 4.98 Å². The van der Waals surface area contributed by atoms with Crippen LogP contribution in [0.4, 0.5) is 5.69 Å². The number of para-hydroxylation sites is 1. The van der Waals surface area contributed by atoms with Gasteiger partial charge in [0, 0.05) is 34.9 Å². The molecule has 3 heterocycles. The Kier molecular flexibility index (Phi) is 7.57. The number of aromatic nitrogens is 1. The smallest absolute Gasteiger partial charge is 0.170 e. The standard InChI is InChI=1S/C27H25ClN4OS2/c28-19-10-12-21(13-11-19)35-24-15-14-23(33-24)26-25(22-9-4-5-16-30-22)31-27(34)32(26)18-6-17-29-20-7-2-1-3-8-20/h1-5,7-16,25-26,29H,6,17-18H2,(H,31,34)/t25-,26-/m1/s1. The third kappa shape index (κ3) is 5.81. The molecule has 0 saturated carbocycles. The second kappa shape index (κ2) is 11.2. The van der Waals surface area contributed by atoms with Crippen LogP contribution in [0, 0.1) is 0 Å². The van der Waals surface area contributed by atoms with Crippen LogP contribution in [-0.2, 0) is 0 Å². The average Bonchev–Trinajstić information content (AvgIpc) is 3.48. The Morgan fingerprint density at radius 1 is 1.00 bits per heavy atom. The molecule has 0 bridgehead atoms. The van der Waals surface area contributed by atoms with Gasteiger partial charge in [0.05, 0.1) is 11.7 Å². The molecule has 1 aliphatic rings. The summed E-state index contributed by atoms with van der Waals surface area (Å²) in [4.78, 5) is 7.89. The zero-order valence-electron chi connectivity index (χ0n) is 18.9. The molecule has 2 aromatic carbocycles. The Hall–Kier alpha value is -3.00. The molecular formula is C27H25ClN4OS2. The summed E-state index contributed by atoms with van der Waals surface area (Å²) in [6.07, 6.45) is 2.74. The zero-order valence-corrected chi connectivity index (χ0v) is 21.3. The maximum atomic E-state index is 6.35. The van der Waals surface area contributed by atoms with E-state index in [1.165, 1.54) is 0 Å². The molecular weight excluding hydrogens is 496 g/mol. The molecule has 8 heteroatoms. The minimum absolute atomic E-state index is 0.0892. The fourth-order valence-electron chi connectivity index (χ4n) is 4.16. The molecule has 0 unspecified atom stereocenters. The number of pyridine rings is 1. The van der Waals surface area contributed by atoms with E-state index in [-0.39, 0.29) is 12.1 Å². The summed E-state index contributed by atoms with van der Waals surface area (Å²) in [5.74, 6) is 0.862. The number of anilines is 1. The van der Waals surface area contributed by atoms with E-state index in [4.69, 9.17) is 28.2 Å². The predicted molar refractivity (Wildman–Crippen MR) is 146 cm³/mol. The van der Waals surface area contributed by atoms with Gasteiger partial charge < -0.3 is 20.0 Å². The Morgan fingerprint density at radius 3 is 2.57 bits per heavy atom. The van der Waals surface area contributed by atoms with Crippen molar-refractivity contribution >= 4 is 46.4 Å². The first-order chi connectivity index (χ1) is 17.2. The second-order valence-electron chi connectivity index (χ2n) is 8.18. The van der Waals surface area contributed by atoms with Crippen LogP contribution in [0.2, 0.25) is 5.02 Å². The van der Waals surface area contributed by atoms with E-state index in [0.29, 0.717) is 5.11 Å². The van der Waals surface area contributed by atoms with Crippen molar-refractivity contribution in [2.45, 2.75) is 28.5 Å². The van der Waals surface area contributed by atoms with Crippen LogP contribution >= 0.6 is 35.6 Å². The van der Waals surface area contributed by atoms with Crippen LogP contribution < -0.4 is 10.6 Å². The number of thiocarbonyl (C=S) groups is 1. The second-order valence-corrected chi connectivity index (χ2v) is 10.1. The largest absolute Gasteiger partial charge is 0.452 e. The van der Waals surface area contributed by atoms with Gasteiger partial charge in [0.15, 0.2) is 10.2 Å². The first-order valence-electron chi connectivity index (χ1n) is 11.5. The fourth-order valence-corrected chi connectivity index (χ4v) is 5.40. The summed E-state index contributed by atoms with van der Waals surface area (Å²) in [5, 5.41) is 9.22. The quantitative estimate of drug-likeness (QED) is 0.183. The lowest BCUT2D eigenvalue weighted by molar-refractivity contribution is 0.259. The van der Waals surface area contributed by atoms with Crippen LogP contribution in [0.3, 0.4) is 0 Å². The molecule has 5 rings (SSSR count). The van der Waals surface area contributed by atoms with Crippen LogP contribution in [0.1, 0.15) is 30.0 Å². The number of rotatable bonds is 9. The number of benzene rings is 2. The van der Waals surface area contributed by atoms with Crippen molar-refractivity contribution in [1.82, 2.24) is 15.2 Å². The van der Waals surface area contributed by atoms with Gasteiger partial charge in [0.1, 0.15) is 11.8 Å². The van der Waals surface area contributed by atoms with E-state index >= 15 is 0 Å². The highest BCUT2D eigenvalue weighted by molar-refractivity contribution is 7.99. The molecule has 0 amide bonds. The molecule has 0 aliphatic carbocycles. The molecule has 5 nitrogen and oxygen atoms in total. The van der Waals surface area contributed by atoms with Crippen molar-refractivity contribution in [3.8, 4) is 0 Å². The van der Waals surface area contributed by atoms with Crippen molar-refractivity contribution in [3.05, 3.63) is 108 Å². The van der Waals surface area contributed by atoms with Gasteiger partial charge in [-0.1, -0.05) is 47.6 Å². The minimum atomic E-state index is -0.0923. The number of hydrogen-bond donors (Lipinski definition) is 2. The number of hydrogen-bond acceptors (Lipinski definition) is 5. The van der Waals surface area contributed by atoms with Gasteiger partial charge in [-0.15, -0.1) is 0 Å². The molecule has 2 atom stereocenters. The molecule has 2 N–H and O–H groups in total. The molecule has 1 saturated heterocycles. The maximum Gasteiger partial charge on any atom is 0.170 e. The number of nitrogens with zero attached hydrogens (tertiary/aromatic N) is 2. The lowest BCUT2D eigenvalue weighted by atomic mass is 10.0. The summed E-state index contributed by atoms with van der Waals surface area (Å²) in [6.45, 7) is 1.64. The first-order valence-corrected chi connectivity index (χ1v) is 13.1. The van der Waals surface area contributed by atoms with Crippen molar-refractivity contribution in [3.63, 3.8) is 0 Å². The van der Waals surface area contributed by atoms with Crippen molar-refractivity contribution in [2.75, 3.05) is 18.4 Å². The van der Waals surface area contributed by atoms with E-state index < -0.39 is 0 Å². The highest BCUT2D eigenvalue weighted by Gasteiger charge is 2.41. The molecule has 4 aromatic rings. The highest BCUT2D eigenvalue weighted by Crippen LogP contribution is 2.41. The lowest BCUT2D eigenvalue weighted by Gasteiger charge is -2.26. The molecule has 1 aliphatic heterocycles. The number of nitrogens with one attached hydrogen (secondary N) is 2. The fraction of sp³-hybridized carbons (Fsp3) is 0.185. The Morgan fingerprint density at radius 2 is 1.80 bits per heavy atom.